The molecule has 0 aliphatic carbocycles. The zero-order valence-corrected chi connectivity index (χ0v) is 18.9. The first-order chi connectivity index (χ1) is 17.2. The molecule has 0 radical (unpaired) electrons. The van der Waals surface area contributed by atoms with Gasteiger partial charge in [-0.1, -0.05) is 66.7 Å². The van der Waals surface area contributed by atoms with E-state index in [0.717, 1.165) is 22.4 Å². The van der Waals surface area contributed by atoms with Crippen LogP contribution in [0.25, 0.3) is 22.6 Å². The van der Waals surface area contributed by atoms with Crippen molar-refractivity contribution < 1.29 is 4.79 Å². The summed E-state index contributed by atoms with van der Waals surface area (Å²) in [7, 11) is 0. The van der Waals surface area contributed by atoms with E-state index in [9.17, 15) is 9.59 Å². The van der Waals surface area contributed by atoms with Gasteiger partial charge < -0.3 is 10.3 Å². The molecule has 2 aromatic carbocycles. The Morgan fingerprint density at radius 3 is 2.34 bits per heavy atom. The lowest BCUT2D eigenvalue weighted by molar-refractivity contribution is 0.0949. The van der Waals surface area contributed by atoms with Gasteiger partial charge in [0.15, 0.2) is 0 Å². The first-order valence-corrected chi connectivity index (χ1v) is 11.3. The summed E-state index contributed by atoms with van der Waals surface area (Å²) >= 11 is 0. The predicted molar refractivity (Wildman–Crippen MR) is 135 cm³/mol. The van der Waals surface area contributed by atoms with E-state index >= 15 is 0 Å². The number of H-pyrrole nitrogens is 1. The highest BCUT2D eigenvalue weighted by Gasteiger charge is 2.15. The van der Waals surface area contributed by atoms with Crippen molar-refractivity contribution in [1.82, 2.24) is 25.1 Å². The number of benzene rings is 2. The van der Waals surface area contributed by atoms with Crippen molar-refractivity contribution in [2.45, 2.75) is 13.1 Å². The number of pyridine rings is 2. The van der Waals surface area contributed by atoms with Gasteiger partial charge >= 0.3 is 0 Å². The highest BCUT2D eigenvalue weighted by molar-refractivity contribution is 5.94. The summed E-state index contributed by atoms with van der Waals surface area (Å²) in [4.78, 5) is 32.4. The summed E-state index contributed by atoms with van der Waals surface area (Å²) < 4.78 is 1.87. The fourth-order valence-corrected chi connectivity index (χ4v) is 3.88. The van der Waals surface area contributed by atoms with Gasteiger partial charge in [0.25, 0.3) is 11.5 Å². The van der Waals surface area contributed by atoms with Gasteiger partial charge in [0.2, 0.25) is 0 Å². The molecule has 3 heterocycles. The number of aromatic nitrogens is 4. The smallest absolute Gasteiger partial charge is 0.261 e. The molecular formula is C28H23N5O2. The number of carbonyl (C=O) groups excluding carboxylic acids is 1. The summed E-state index contributed by atoms with van der Waals surface area (Å²) in [6.07, 6.45) is 3.58. The summed E-state index contributed by atoms with van der Waals surface area (Å²) in [6.45, 7) is 0.850. The summed E-state index contributed by atoms with van der Waals surface area (Å²) in [5.41, 5.74) is 4.51. The third kappa shape index (κ3) is 5.09. The number of hydrogen-bond donors (Lipinski definition) is 2. The molecule has 35 heavy (non-hydrogen) atoms. The van der Waals surface area contributed by atoms with Crippen LogP contribution in [-0.4, -0.2) is 25.7 Å². The van der Waals surface area contributed by atoms with Crippen molar-refractivity contribution in [2.75, 3.05) is 0 Å². The predicted octanol–water partition coefficient (Wildman–Crippen LogP) is 4.28. The third-order valence-corrected chi connectivity index (χ3v) is 5.61. The van der Waals surface area contributed by atoms with Crippen LogP contribution in [0.2, 0.25) is 0 Å². The van der Waals surface area contributed by atoms with E-state index in [1.165, 1.54) is 6.07 Å². The van der Waals surface area contributed by atoms with Crippen LogP contribution in [0, 0.1) is 0 Å². The molecule has 0 spiro atoms. The molecule has 0 unspecified atom stereocenters. The van der Waals surface area contributed by atoms with Crippen LogP contribution in [0.5, 0.6) is 0 Å². The number of hydrogen-bond acceptors (Lipinski definition) is 4. The molecular weight excluding hydrogens is 438 g/mol. The van der Waals surface area contributed by atoms with E-state index in [2.05, 4.69) is 15.3 Å². The van der Waals surface area contributed by atoms with E-state index < -0.39 is 11.5 Å². The second-order valence-electron chi connectivity index (χ2n) is 8.06. The Morgan fingerprint density at radius 1 is 0.886 bits per heavy atom. The van der Waals surface area contributed by atoms with Gasteiger partial charge in [-0.25, -0.2) is 0 Å². The molecule has 0 aliphatic rings. The van der Waals surface area contributed by atoms with Crippen LogP contribution in [-0.2, 0) is 13.1 Å². The Kier molecular flexibility index (Phi) is 6.30. The Balaban J connectivity index is 1.37. The number of nitrogens with one attached hydrogen (secondary N) is 2. The van der Waals surface area contributed by atoms with Gasteiger partial charge in [-0.3, -0.25) is 19.3 Å². The first kappa shape index (κ1) is 22.0. The lowest BCUT2D eigenvalue weighted by Gasteiger charge is -2.06. The standard InChI is InChI=1S/C28H23N5O2/c34-27(23-14-15-25(31-28(23)35)24-13-7-8-16-29-24)30-17-22-19-33(18-20-9-3-1-4-10-20)32-26(22)21-11-5-2-6-12-21/h1-16,19H,17-18H2,(H,30,34)(H,31,35). The van der Waals surface area contributed by atoms with E-state index in [4.69, 9.17) is 5.10 Å². The van der Waals surface area contributed by atoms with Crippen LogP contribution in [0.1, 0.15) is 21.5 Å². The molecule has 0 aliphatic heterocycles. The highest BCUT2D eigenvalue weighted by Crippen LogP contribution is 2.22. The summed E-state index contributed by atoms with van der Waals surface area (Å²) in [5, 5.41) is 7.65. The lowest BCUT2D eigenvalue weighted by atomic mass is 10.1. The van der Waals surface area contributed by atoms with Crippen LogP contribution in [0.15, 0.2) is 108 Å². The quantitative estimate of drug-likeness (QED) is 0.378. The Morgan fingerprint density at radius 2 is 1.63 bits per heavy atom. The molecule has 7 heteroatoms. The van der Waals surface area contributed by atoms with E-state index in [0.29, 0.717) is 17.9 Å². The molecule has 0 fully saturated rings. The largest absolute Gasteiger partial charge is 0.348 e. The number of amides is 1. The third-order valence-electron chi connectivity index (χ3n) is 5.61. The summed E-state index contributed by atoms with van der Waals surface area (Å²) in [6, 6.07) is 28.5. The first-order valence-electron chi connectivity index (χ1n) is 11.3. The molecule has 2 N–H and O–H groups in total. The number of nitrogens with zero attached hydrogens (tertiary/aromatic N) is 3. The van der Waals surface area contributed by atoms with Crippen molar-refractivity contribution in [3.05, 3.63) is 130 Å². The molecule has 7 nitrogen and oxygen atoms in total. The average Bonchev–Trinajstić information content (AvgIpc) is 3.31. The Hall–Kier alpha value is -4.78. The zero-order valence-electron chi connectivity index (χ0n) is 18.9. The zero-order chi connectivity index (χ0) is 24.0. The maximum atomic E-state index is 12.9. The second-order valence-corrected chi connectivity index (χ2v) is 8.06. The Labute approximate surface area is 202 Å². The van der Waals surface area contributed by atoms with Gasteiger partial charge in [0, 0.05) is 30.1 Å². The molecule has 3 aromatic heterocycles. The molecule has 0 saturated carbocycles. The van der Waals surface area contributed by atoms with E-state index in [-0.39, 0.29) is 12.1 Å². The van der Waals surface area contributed by atoms with E-state index in [1.54, 1.807) is 24.4 Å². The molecule has 172 valence electrons. The number of rotatable bonds is 7. The van der Waals surface area contributed by atoms with Crippen LogP contribution in [0.3, 0.4) is 0 Å². The van der Waals surface area contributed by atoms with Gasteiger partial charge in [-0.05, 0) is 29.8 Å². The molecule has 1 amide bonds. The maximum Gasteiger partial charge on any atom is 0.261 e. The average molecular weight is 462 g/mol. The molecule has 0 bridgehead atoms. The minimum atomic E-state index is -0.464. The van der Waals surface area contributed by atoms with Gasteiger partial charge in [-0.15, -0.1) is 0 Å². The Bertz CT molecular complexity index is 1490. The monoisotopic (exact) mass is 461 g/mol. The maximum absolute atomic E-state index is 12.9. The van der Waals surface area contributed by atoms with Crippen molar-refractivity contribution in [2.24, 2.45) is 0 Å². The molecule has 5 rings (SSSR count). The van der Waals surface area contributed by atoms with Gasteiger partial charge in [-0.2, -0.15) is 5.10 Å². The minimum Gasteiger partial charge on any atom is -0.348 e. The SMILES string of the molecule is O=C(NCc1cn(Cc2ccccc2)nc1-c1ccccc1)c1ccc(-c2ccccn2)[nH]c1=O. The fourth-order valence-electron chi connectivity index (χ4n) is 3.88. The lowest BCUT2D eigenvalue weighted by Crippen LogP contribution is -2.29. The normalized spacial score (nSPS) is 10.7. The van der Waals surface area contributed by atoms with Crippen LogP contribution >= 0.6 is 0 Å². The minimum absolute atomic E-state index is 0.0441. The highest BCUT2D eigenvalue weighted by atomic mass is 16.2. The van der Waals surface area contributed by atoms with Crippen molar-refractivity contribution in [3.8, 4) is 22.6 Å². The molecule has 0 saturated heterocycles. The van der Waals surface area contributed by atoms with Gasteiger partial charge in [0.05, 0.1) is 23.6 Å². The molecule has 0 atom stereocenters. The van der Waals surface area contributed by atoms with Crippen molar-refractivity contribution in [3.63, 3.8) is 0 Å². The number of aromatic amines is 1. The van der Waals surface area contributed by atoms with Gasteiger partial charge in [0.1, 0.15) is 5.56 Å². The number of carbonyl (C=O) groups is 1. The van der Waals surface area contributed by atoms with Crippen LogP contribution in [0.4, 0.5) is 0 Å². The van der Waals surface area contributed by atoms with E-state index in [1.807, 2.05) is 77.6 Å². The topological polar surface area (TPSA) is 92.7 Å². The summed E-state index contributed by atoms with van der Waals surface area (Å²) in [5.74, 6) is -0.450. The van der Waals surface area contributed by atoms with Crippen molar-refractivity contribution in [1.29, 1.82) is 0 Å². The second kappa shape index (κ2) is 10.0. The fraction of sp³-hybridized carbons (Fsp3) is 0.0714. The van der Waals surface area contributed by atoms with Crippen molar-refractivity contribution >= 4 is 5.91 Å². The van der Waals surface area contributed by atoms with Crippen LogP contribution < -0.4 is 10.9 Å². The molecule has 5 aromatic rings.